The van der Waals surface area contributed by atoms with Crippen LogP contribution < -0.4 is 10.1 Å². The minimum Gasteiger partial charge on any atom is -0.492 e. The van der Waals surface area contributed by atoms with Gasteiger partial charge in [0.15, 0.2) is 15.7 Å². The van der Waals surface area contributed by atoms with Crippen LogP contribution in [0.2, 0.25) is 0 Å². The number of amides is 1. The van der Waals surface area contributed by atoms with E-state index in [9.17, 15) is 13.2 Å². The highest BCUT2D eigenvalue weighted by atomic mass is 32.2. The molecule has 4 aromatic rings. The Morgan fingerprint density at radius 1 is 1.09 bits per heavy atom. The third-order valence-electron chi connectivity index (χ3n) is 4.37. The Balaban J connectivity index is 1.55. The number of para-hydroxylation sites is 1. The predicted molar refractivity (Wildman–Crippen MR) is 124 cm³/mol. The van der Waals surface area contributed by atoms with Crippen molar-refractivity contribution in [2.45, 2.75) is 0 Å². The van der Waals surface area contributed by atoms with E-state index >= 15 is 0 Å². The first-order valence-corrected chi connectivity index (χ1v) is 12.6. The van der Waals surface area contributed by atoms with Gasteiger partial charge in [0.25, 0.3) is 5.91 Å². The fraction of sp³-hybridized carbons (Fsp3) is 0.136. The van der Waals surface area contributed by atoms with Crippen LogP contribution in [-0.2, 0) is 9.84 Å². The molecule has 0 saturated heterocycles. The first-order valence-electron chi connectivity index (χ1n) is 9.67. The van der Waals surface area contributed by atoms with Gasteiger partial charge in [-0.25, -0.2) is 18.1 Å². The lowest BCUT2D eigenvalue weighted by Gasteiger charge is -2.08. The van der Waals surface area contributed by atoms with Crippen LogP contribution in [-0.4, -0.2) is 47.7 Å². The number of hydrogen-bond donors (Lipinski definition) is 1. The third-order valence-corrected chi connectivity index (χ3v) is 6.14. The number of benzene rings is 2. The van der Waals surface area contributed by atoms with Crippen LogP contribution in [0.5, 0.6) is 5.75 Å². The van der Waals surface area contributed by atoms with Crippen molar-refractivity contribution < 1.29 is 17.9 Å². The van der Waals surface area contributed by atoms with Crippen molar-refractivity contribution in [3.05, 3.63) is 77.9 Å². The molecular formula is C22H20N4O4S2. The fourth-order valence-corrected chi connectivity index (χ4v) is 3.97. The maximum Gasteiger partial charge on any atom is 0.295 e. The molecule has 1 amide bonds. The Morgan fingerprint density at radius 3 is 2.62 bits per heavy atom. The van der Waals surface area contributed by atoms with Gasteiger partial charge in [0.05, 0.1) is 16.3 Å². The highest BCUT2D eigenvalue weighted by Gasteiger charge is 2.19. The molecule has 0 atom stereocenters. The summed E-state index contributed by atoms with van der Waals surface area (Å²) < 4.78 is 29.6. The van der Waals surface area contributed by atoms with Gasteiger partial charge in [0.2, 0.25) is 5.82 Å². The number of rotatable bonds is 8. The molecule has 0 saturated carbocycles. The lowest BCUT2D eigenvalue weighted by molar-refractivity contribution is 0.101. The Morgan fingerprint density at radius 2 is 1.91 bits per heavy atom. The molecule has 0 bridgehead atoms. The largest absolute Gasteiger partial charge is 0.492 e. The van der Waals surface area contributed by atoms with Crippen molar-refractivity contribution in [1.82, 2.24) is 14.8 Å². The van der Waals surface area contributed by atoms with E-state index in [1.165, 1.54) is 11.3 Å². The van der Waals surface area contributed by atoms with E-state index in [0.29, 0.717) is 17.3 Å². The lowest BCUT2D eigenvalue weighted by atomic mass is 10.3. The van der Waals surface area contributed by atoms with Gasteiger partial charge in [-0.15, -0.1) is 16.4 Å². The number of carbonyl (C=O) groups excluding carboxylic acids is 1. The van der Waals surface area contributed by atoms with Gasteiger partial charge in [-0.1, -0.05) is 30.3 Å². The summed E-state index contributed by atoms with van der Waals surface area (Å²) in [6, 6.07) is 20.0. The molecule has 8 nitrogen and oxygen atoms in total. The highest BCUT2D eigenvalue weighted by Crippen LogP contribution is 2.26. The van der Waals surface area contributed by atoms with E-state index in [1.54, 1.807) is 28.9 Å². The number of hydrogen-bond acceptors (Lipinski definition) is 7. The van der Waals surface area contributed by atoms with Gasteiger partial charge in [-0.2, -0.15) is 0 Å². The number of anilines is 1. The zero-order valence-corrected chi connectivity index (χ0v) is 18.8. The number of thiophene rings is 1. The average Bonchev–Trinajstić information content (AvgIpc) is 3.44. The van der Waals surface area contributed by atoms with Gasteiger partial charge in [0, 0.05) is 18.0 Å². The van der Waals surface area contributed by atoms with Crippen LogP contribution in [0.3, 0.4) is 0 Å². The van der Waals surface area contributed by atoms with Crippen molar-refractivity contribution in [3.8, 4) is 22.1 Å². The quantitative estimate of drug-likeness (QED) is 0.423. The molecule has 164 valence electrons. The fourth-order valence-electron chi connectivity index (χ4n) is 2.88. The van der Waals surface area contributed by atoms with Crippen LogP contribution in [0.25, 0.3) is 16.4 Å². The number of nitrogens with one attached hydrogen (secondary N) is 1. The number of nitrogens with zero attached hydrogens (tertiary/aromatic N) is 3. The Hall–Kier alpha value is -3.50. The van der Waals surface area contributed by atoms with Gasteiger partial charge in [-0.3, -0.25) is 4.79 Å². The van der Waals surface area contributed by atoms with Crippen molar-refractivity contribution >= 4 is 32.8 Å². The molecule has 4 rings (SSSR count). The second-order valence-corrected chi connectivity index (χ2v) is 10.2. The van der Waals surface area contributed by atoms with E-state index in [-0.39, 0.29) is 18.2 Å². The second-order valence-electron chi connectivity index (χ2n) is 6.94. The molecule has 0 unspecified atom stereocenters. The molecule has 0 aliphatic heterocycles. The first-order chi connectivity index (χ1) is 15.4. The minimum absolute atomic E-state index is 0.0284. The molecular weight excluding hydrogens is 448 g/mol. The van der Waals surface area contributed by atoms with E-state index in [2.05, 4.69) is 15.4 Å². The number of aromatic nitrogens is 3. The van der Waals surface area contributed by atoms with E-state index in [4.69, 9.17) is 4.74 Å². The third kappa shape index (κ3) is 5.40. The zero-order valence-electron chi connectivity index (χ0n) is 17.1. The number of sulfone groups is 1. The summed E-state index contributed by atoms with van der Waals surface area (Å²) in [4.78, 5) is 18.2. The Bertz CT molecular complexity index is 1320. The second kappa shape index (κ2) is 9.33. The highest BCUT2D eigenvalue weighted by molar-refractivity contribution is 7.90. The van der Waals surface area contributed by atoms with Crippen molar-refractivity contribution in [1.29, 1.82) is 0 Å². The van der Waals surface area contributed by atoms with Crippen LogP contribution in [0.4, 0.5) is 5.69 Å². The predicted octanol–water partition coefficient (Wildman–Crippen LogP) is 3.67. The molecule has 32 heavy (non-hydrogen) atoms. The zero-order chi connectivity index (χ0) is 22.6. The maximum atomic E-state index is 12.9. The molecule has 10 heteroatoms. The molecule has 1 N–H and O–H groups in total. The summed E-state index contributed by atoms with van der Waals surface area (Å²) in [6.45, 7) is 0.0312. The maximum absolute atomic E-state index is 12.9. The molecule has 2 aromatic heterocycles. The molecule has 0 fully saturated rings. The van der Waals surface area contributed by atoms with E-state index in [1.807, 2.05) is 47.8 Å². The molecule has 0 spiro atoms. The summed E-state index contributed by atoms with van der Waals surface area (Å²) in [5.74, 6) is 0.504. The minimum atomic E-state index is -3.12. The van der Waals surface area contributed by atoms with Gasteiger partial charge in [-0.05, 0) is 35.7 Å². The van der Waals surface area contributed by atoms with Crippen LogP contribution in [0.15, 0.2) is 72.1 Å². The molecule has 0 aliphatic rings. The topological polar surface area (TPSA) is 103 Å². The Labute approximate surface area is 189 Å². The van der Waals surface area contributed by atoms with Crippen LogP contribution in [0.1, 0.15) is 10.6 Å². The summed E-state index contributed by atoms with van der Waals surface area (Å²) >= 11 is 1.51. The standard InChI is InChI=1S/C22H20N4O4S2/c1-32(28,29)14-12-30-18-10-5-7-16(15-18)23-22(27)20-24-21(19-11-6-13-31-19)26(25-20)17-8-3-2-4-9-17/h2-11,13,15H,12,14H2,1H3,(H,23,27). The van der Waals surface area contributed by atoms with Crippen LogP contribution >= 0.6 is 11.3 Å². The van der Waals surface area contributed by atoms with Gasteiger partial charge < -0.3 is 10.1 Å². The van der Waals surface area contributed by atoms with Crippen LogP contribution in [0, 0.1) is 0 Å². The normalized spacial score (nSPS) is 11.3. The summed E-state index contributed by atoms with van der Waals surface area (Å²) in [6.07, 6.45) is 1.15. The first kappa shape index (κ1) is 21.7. The molecule has 2 heterocycles. The molecule has 0 aliphatic carbocycles. The average molecular weight is 469 g/mol. The van der Waals surface area contributed by atoms with Crippen molar-refractivity contribution in [2.24, 2.45) is 0 Å². The number of ether oxygens (including phenoxy) is 1. The smallest absolute Gasteiger partial charge is 0.295 e. The van der Waals surface area contributed by atoms with Gasteiger partial charge in [0.1, 0.15) is 12.4 Å². The summed E-state index contributed by atoms with van der Waals surface area (Å²) in [7, 11) is -3.12. The summed E-state index contributed by atoms with van der Waals surface area (Å²) in [5, 5.41) is 9.14. The lowest BCUT2D eigenvalue weighted by Crippen LogP contribution is -2.15. The van der Waals surface area contributed by atoms with E-state index in [0.717, 1.165) is 16.8 Å². The number of carbonyl (C=O) groups is 1. The van der Waals surface area contributed by atoms with Gasteiger partial charge >= 0.3 is 0 Å². The van der Waals surface area contributed by atoms with E-state index < -0.39 is 15.7 Å². The monoisotopic (exact) mass is 468 g/mol. The summed E-state index contributed by atoms with van der Waals surface area (Å²) in [5.41, 5.74) is 1.28. The molecule has 2 aromatic carbocycles. The molecule has 0 radical (unpaired) electrons. The SMILES string of the molecule is CS(=O)(=O)CCOc1cccc(NC(=O)c2nc(-c3cccs3)n(-c3ccccc3)n2)c1. The Kier molecular flexibility index (Phi) is 6.33. The van der Waals surface area contributed by atoms with Crippen molar-refractivity contribution in [3.63, 3.8) is 0 Å². The van der Waals surface area contributed by atoms with Crippen molar-refractivity contribution in [2.75, 3.05) is 23.9 Å².